The number of hydrogen-bond donors (Lipinski definition) is 1. The van der Waals surface area contributed by atoms with Crippen LogP contribution in [-0.4, -0.2) is 27.6 Å². The Bertz CT molecular complexity index is 816. The molecule has 0 saturated heterocycles. The van der Waals surface area contributed by atoms with Crippen LogP contribution < -0.4 is 10.1 Å². The van der Waals surface area contributed by atoms with Crippen LogP contribution in [0.3, 0.4) is 0 Å². The number of hydrogen-bond acceptors (Lipinski definition) is 5. The van der Waals surface area contributed by atoms with E-state index in [0.717, 1.165) is 23.2 Å². The third-order valence-corrected chi connectivity index (χ3v) is 4.52. The van der Waals surface area contributed by atoms with E-state index in [1.165, 1.54) is 11.3 Å². The van der Waals surface area contributed by atoms with Crippen molar-refractivity contribution in [3.05, 3.63) is 35.9 Å². The SMILES string of the molecule is COc1cc2sc(NC(=O)CCCn3ccnc3)nc2cc1Cl. The van der Waals surface area contributed by atoms with Gasteiger partial charge in [0, 0.05) is 31.4 Å². The molecule has 0 fully saturated rings. The van der Waals surface area contributed by atoms with Gasteiger partial charge in [-0.25, -0.2) is 9.97 Å². The predicted octanol–water partition coefficient (Wildman–Crippen LogP) is 3.57. The number of aromatic nitrogens is 3. The minimum absolute atomic E-state index is 0.0535. The van der Waals surface area contributed by atoms with Gasteiger partial charge in [-0.1, -0.05) is 22.9 Å². The first-order chi connectivity index (χ1) is 11.2. The lowest BCUT2D eigenvalue weighted by atomic mass is 10.3. The van der Waals surface area contributed by atoms with Crippen molar-refractivity contribution in [1.29, 1.82) is 0 Å². The standard InChI is InChI=1S/C15H15ClN4O2S/c1-22-12-8-13-11(7-10(12)16)18-15(23-13)19-14(21)3-2-5-20-6-4-17-9-20/h4,6-9H,2-3,5H2,1H3,(H,18,19,21). The molecular formula is C15H15ClN4O2S. The first-order valence-electron chi connectivity index (χ1n) is 7.05. The van der Waals surface area contributed by atoms with Gasteiger partial charge in [0.2, 0.25) is 5.91 Å². The number of aryl methyl sites for hydroxylation is 1. The minimum Gasteiger partial charge on any atom is -0.495 e. The number of anilines is 1. The second-order valence-electron chi connectivity index (χ2n) is 4.93. The average Bonchev–Trinajstić information content (AvgIpc) is 3.15. The second-order valence-corrected chi connectivity index (χ2v) is 6.36. The lowest BCUT2D eigenvalue weighted by Gasteiger charge is -2.02. The summed E-state index contributed by atoms with van der Waals surface area (Å²) in [6.07, 6.45) is 6.51. The summed E-state index contributed by atoms with van der Waals surface area (Å²) in [5.74, 6) is 0.545. The summed E-state index contributed by atoms with van der Waals surface area (Å²) in [7, 11) is 1.57. The van der Waals surface area contributed by atoms with Gasteiger partial charge in [-0.05, 0) is 12.5 Å². The molecule has 3 rings (SSSR count). The van der Waals surface area contributed by atoms with Gasteiger partial charge in [0.1, 0.15) is 5.75 Å². The normalized spacial score (nSPS) is 10.9. The Morgan fingerprint density at radius 3 is 3.09 bits per heavy atom. The number of thiazole rings is 1. The number of carbonyl (C=O) groups excluding carboxylic acids is 1. The molecule has 8 heteroatoms. The average molecular weight is 351 g/mol. The van der Waals surface area contributed by atoms with Crippen LogP contribution in [0.15, 0.2) is 30.9 Å². The summed E-state index contributed by atoms with van der Waals surface area (Å²) >= 11 is 7.48. The number of halogens is 1. The van der Waals surface area contributed by atoms with Gasteiger partial charge >= 0.3 is 0 Å². The zero-order valence-electron chi connectivity index (χ0n) is 12.5. The fraction of sp³-hybridized carbons (Fsp3) is 0.267. The zero-order valence-corrected chi connectivity index (χ0v) is 14.0. The summed E-state index contributed by atoms with van der Waals surface area (Å²) in [4.78, 5) is 20.3. The molecule has 1 N–H and O–H groups in total. The minimum atomic E-state index is -0.0535. The topological polar surface area (TPSA) is 69.0 Å². The lowest BCUT2D eigenvalue weighted by molar-refractivity contribution is -0.116. The van der Waals surface area contributed by atoms with Crippen LogP contribution in [0, 0.1) is 0 Å². The molecule has 6 nitrogen and oxygen atoms in total. The fourth-order valence-electron chi connectivity index (χ4n) is 2.16. The van der Waals surface area contributed by atoms with Crippen LogP contribution in [-0.2, 0) is 11.3 Å². The number of nitrogens with zero attached hydrogens (tertiary/aromatic N) is 3. The van der Waals surface area contributed by atoms with E-state index in [0.29, 0.717) is 22.3 Å². The molecule has 0 spiro atoms. The Hall–Kier alpha value is -2.12. The van der Waals surface area contributed by atoms with Crippen LogP contribution in [0.25, 0.3) is 10.2 Å². The van der Waals surface area contributed by atoms with Gasteiger partial charge in [-0.15, -0.1) is 0 Å². The largest absolute Gasteiger partial charge is 0.495 e. The lowest BCUT2D eigenvalue weighted by Crippen LogP contribution is -2.11. The van der Waals surface area contributed by atoms with Crippen molar-refractivity contribution >= 4 is 44.2 Å². The molecule has 0 aliphatic heterocycles. The van der Waals surface area contributed by atoms with Gasteiger partial charge in [0.15, 0.2) is 5.13 Å². The predicted molar refractivity (Wildman–Crippen MR) is 91.3 cm³/mol. The van der Waals surface area contributed by atoms with Gasteiger partial charge < -0.3 is 14.6 Å². The van der Waals surface area contributed by atoms with Crippen LogP contribution in [0.4, 0.5) is 5.13 Å². The highest BCUT2D eigenvalue weighted by Crippen LogP contribution is 2.34. The Morgan fingerprint density at radius 1 is 1.48 bits per heavy atom. The van der Waals surface area contributed by atoms with Gasteiger partial charge in [-0.2, -0.15) is 0 Å². The smallest absolute Gasteiger partial charge is 0.226 e. The quantitative estimate of drug-likeness (QED) is 0.737. The molecule has 120 valence electrons. The molecule has 3 aromatic rings. The van der Waals surface area contributed by atoms with Crippen LogP contribution in [0.2, 0.25) is 5.02 Å². The number of methoxy groups -OCH3 is 1. The molecule has 2 heterocycles. The number of rotatable bonds is 6. The monoisotopic (exact) mass is 350 g/mol. The highest BCUT2D eigenvalue weighted by molar-refractivity contribution is 7.22. The molecule has 0 bridgehead atoms. The Kier molecular flexibility index (Phi) is 4.78. The third-order valence-electron chi connectivity index (χ3n) is 3.29. The molecule has 0 radical (unpaired) electrons. The van der Waals surface area contributed by atoms with Crippen molar-refractivity contribution in [1.82, 2.24) is 14.5 Å². The highest BCUT2D eigenvalue weighted by atomic mass is 35.5. The molecule has 1 amide bonds. The number of fused-ring (bicyclic) bond motifs is 1. The maximum atomic E-state index is 12.0. The first-order valence-corrected chi connectivity index (χ1v) is 8.25. The van der Waals surface area contributed by atoms with Crippen LogP contribution in [0.5, 0.6) is 5.75 Å². The highest BCUT2D eigenvalue weighted by Gasteiger charge is 2.11. The van der Waals surface area contributed by atoms with Crippen molar-refractivity contribution in [3.63, 3.8) is 0 Å². The summed E-state index contributed by atoms with van der Waals surface area (Å²) in [5.41, 5.74) is 0.745. The summed E-state index contributed by atoms with van der Waals surface area (Å²) in [5, 5.41) is 3.90. The van der Waals surface area contributed by atoms with Crippen LogP contribution in [0.1, 0.15) is 12.8 Å². The number of nitrogens with one attached hydrogen (secondary N) is 1. The second kappa shape index (κ2) is 6.97. The van der Waals surface area contributed by atoms with E-state index in [2.05, 4.69) is 15.3 Å². The van der Waals surface area contributed by atoms with Crippen molar-refractivity contribution in [3.8, 4) is 5.75 Å². The zero-order chi connectivity index (χ0) is 16.2. The first kappa shape index (κ1) is 15.8. The molecular weight excluding hydrogens is 336 g/mol. The molecule has 0 saturated carbocycles. The number of benzene rings is 1. The van der Waals surface area contributed by atoms with Crippen LogP contribution >= 0.6 is 22.9 Å². The van der Waals surface area contributed by atoms with Gasteiger partial charge in [-0.3, -0.25) is 4.79 Å². The van der Waals surface area contributed by atoms with E-state index >= 15 is 0 Å². The maximum absolute atomic E-state index is 12.0. The number of carbonyl (C=O) groups is 1. The van der Waals surface area contributed by atoms with Crippen molar-refractivity contribution in [2.45, 2.75) is 19.4 Å². The molecule has 0 atom stereocenters. The molecule has 0 aliphatic carbocycles. The van der Waals surface area contributed by atoms with E-state index < -0.39 is 0 Å². The van der Waals surface area contributed by atoms with Crippen molar-refractivity contribution in [2.75, 3.05) is 12.4 Å². The Balaban J connectivity index is 1.60. The number of amides is 1. The third kappa shape index (κ3) is 3.80. The maximum Gasteiger partial charge on any atom is 0.226 e. The molecule has 23 heavy (non-hydrogen) atoms. The van der Waals surface area contributed by atoms with Gasteiger partial charge in [0.05, 0.1) is 28.7 Å². The summed E-state index contributed by atoms with van der Waals surface area (Å²) in [6, 6.07) is 3.56. The summed E-state index contributed by atoms with van der Waals surface area (Å²) in [6.45, 7) is 0.764. The molecule has 1 aromatic carbocycles. The van der Waals surface area contributed by atoms with Crippen molar-refractivity contribution in [2.24, 2.45) is 0 Å². The van der Waals surface area contributed by atoms with E-state index in [4.69, 9.17) is 16.3 Å². The summed E-state index contributed by atoms with van der Waals surface area (Å²) < 4.78 is 8.04. The fourth-order valence-corrected chi connectivity index (χ4v) is 3.29. The van der Waals surface area contributed by atoms with E-state index in [9.17, 15) is 4.79 Å². The Morgan fingerprint density at radius 2 is 2.35 bits per heavy atom. The van der Waals surface area contributed by atoms with Gasteiger partial charge in [0.25, 0.3) is 0 Å². The molecule has 2 aromatic heterocycles. The van der Waals surface area contributed by atoms with E-state index in [1.807, 2.05) is 16.8 Å². The molecule has 0 unspecified atom stereocenters. The number of imidazole rings is 1. The van der Waals surface area contributed by atoms with E-state index in [1.54, 1.807) is 25.7 Å². The van der Waals surface area contributed by atoms with E-state index in [-0.39, 0.29) is 5.91 Å². The van der Waals surface area contributed by atoms with Crippen molar-refractivity contribution < 1.29 is 9.53 Å². The number of ether oxygens (including phenoxy) is 1. The Labute approximate surface area is 142 Å². The molecule has 0 aliphatic rings.